The van der Waals surface area contributed by atoms with Gasteiger partial charge in [0.1, 0.15) is 6.34 Å². The normalized spacial score (nSPS) is 16.3. The average molecular weight is 729 g/mol. The van der Waals surface area contributed by atoms with E-state index in [4.69, 9.17) is 16.6 Å². The van der Waals surface area contributed by atoms with Gasteiger partial charge in [-0.2, -0.15) is 26.3 Å². The molecule has 0 aromatic heterocycles. The summed E-state index contributed by atoms with van der Waals surface area (Å²) in [4.78, 5) is 7.25. The van der Waals surface area contributed by atoms with Crippen molar-refractivity contribution in [2.45, 2.75) is 78.6 Å². The van der Waals surface area contributed by atoms with Gasteiger partial charge in [0.05, 0.1) is 23.8 Å². The van der Waals surface area contributed by atoms with Crippen LogP contribution in [0.5, 0.6) is 0 Å². The highest BCUT2D eigenvalue weighted by atomic mass is 35.5. The number of benzene rings is 3. The van der Waals surface area contributed by atoms with Gasteiger partial charge < -0.3 is 9.89 Å². The lowest BCUT2D eigenvalue weighted by atomic mass is 9.88. The first-order chi connectivity index (χ1) is 23.9. The van der Waals surface area contributed by atoms with E-state index in [1.165, 1.54) is 0 Å². The number of hydrogen-bond donors (Lipinski definition) is 1. The van der Waals surface area contributed by atoms with E-state index in [1.54, 1.807) is 23.9 Å². The lowest BCUT2D eigenvalue weighted by molar-refractivity contribution is -0.519. The lowest BCUT2D eigenvalue weighted by Gasteiger charge is -2.40. The van der Waals surface area contributed by atoms with Crippen molar-refractivity contribution in [2.75, 3.05) is 18.4 Å². The number of halogens is 7. The van der Waals surface area contributed by atoms with E-state index in [-0.39, 0.29) is 18.0 Å². The third-order valence-electron chi connectivity index (χ3n) is 9.12. The second-order valence-electron chi connectivity index (χ2n) is 13.8. The molecule has 0 fully saturated rings. The fourth-order valence-corrected chi connectivity index (χ4v) is 6.94. The van der Waals surface area contributed by atoms with Crippen molar-refractivity contribution in [3.8, 4) is 0 Å². The summed E-state index contributed by atoms with van der Waals surface area (Å²) in [6.45, 7) is 12.9. The van der Waals surface area contributed by atoms with E-state index in [0.717, 1.165) is 40.1 Å². The van der Waals surface area contributed by atoms with E-state index in [0.29, 0.717) is 41.6 Å². The molecule has 5 rings (SSSR count). The van der Waals surface area contributed by atoms with Crippen LogP contribution < -0.4 is 5.32 Å². The van der Waals surface area contributed by atoms with Crippen molar-refractivity contribution in [1.82, 2.24) is 4.90 Å². The lowest BCUT2D eigenvalue weighted by Crippen LogP contribution is -2.45. The maximum atomic E-state index is 14.2. The van der Waals surface area contributed by atoms with Crippen LogP contribution in [-0.4, -0.2) is 47.1 Å². The minimum Gasteiger partial charge on any atom is -0.402 e. The summed E-state index contributed by atoms with van der Waals surface area (Å²) < 4.78 is 86.7. The zero-order chi connectivity index (χ0) is 37.2. The van der Waals surface area contributed by atoms with Crippen LogP contribution in [0.3, 0.4) is 0 Å². The van der Waals surface area contributed by atoms with E-state index < -0.39 is 35.8 Å². The van der Waals surface area contributed by atoms with Crippen molar-refractivity contribution in [3.63, 3.8) is 0 Å². The maximum Gasteiger partial charge on any atom is 0.412 e. The van der Waals surface area contributed by atoms with Crippen LogP contribution in [0.2, 0.25) is 5.02 Å². The summed E-state index contributed by atoms with van der Waals surface area (Å²) in [6, 6.07) is 19.3. The van der Waals surface area contributed by atoms with Crippen molar-refractivity contribution >= 4 is 35.1 Å². The molecular formula is C40H43ClF6N4. The fraction of sp³-hybridized carbons (Fsp3) is 0.375. The van der Waals surface area contributed by atoms with Crippen LogP contribution >= 0.6 is 11.6 Å². The number of aliphatic imine (C=N–C) groups is 1. The third kappa shape index (κ3) is 8.83. The van der Waals surface area contributed by atoms with Gasteiger partial charge in [-0.05, 0) is 66.1 Å². The molecule has 0 amide bonds. The summed E-state index contributed by atoms with van der Waals surface area (Å²) in [6.07, 6.45) is -7.01. The van der Waals surface area contributed by atoms with Gasteiger partial charge in [-0.3, -0.25) is 4.90 Å². The Balaban J connectivity index is 1.72. The van der Waals surface area contributed by atoms with Gasteiger partial charge in [-0.15, -0.1) is 0 Å². The monoisotopic (exact) mass is 728 g/mol. The zero-order valence-electron chi connectivity index (χ0n) is 29.6. The average Bonchev–Trinajstić information content (AvgIpc) is 3.06. The summed E-state index contributed by atoms with van der Waals surface area (Å²) in [7, 11) is 0. The highest BCUT2D eigenvalue weighted by molar-refractivity contribution is 6.33. The Kier molecular flexibility index (Phi) is 11.3. The van der Waals surface area contributed by atoms with Crippen molar-refractivity contribution in [1.29, 1.82) is 0 Å². The van der Waals surface area contributed by atoms with Crippen LogP contribution in [-0.2, 0) is 0 Å². The van der Waals surface area contributed by atoms with E-state index in [1.807, 2.05) is 54.3 Å². The predicted molar refractivity (Wildman–Crippen MR) is 194 cm³/mol. The number of para-hydroxylation sites is 1. The number of rotatable bonds is 8. The predicted octanol–water partition coefficient (Wildman–Crippen LogP) is 11.6. The van der Waals surface area contributed by atoms with Crippen LogP contribution in [0.25, 0.3) is 0 Å². The fourth-order valence-electron chi connectivity index (χ4n) is 6.57. The van der Waals surface area contributed by atoms with Gasteiger partial charge in [0.15, 0.2) is 0 Å². The molecule has 0 saturated heterocycles. The Morgan fingerprint density at radius 2 is 1.47 bits per heavy atom. The van der Waals surface area contributed by atoms with E-state index >= 15 is 0 Å². The Morgan fingerprint density at radius 1 is 0.882 bits per heavy atom. The summed E-state index contributed by atoms with van der Waals surface area (Å²) in [5.41, 5.74) is 3.26. The highest BCUT2D eigenvalue weighted by Crippen LogP contribution is 2.44. The first-order valence-electron chi connectivity index (χ1n) is 17.1. The van der Waals surface area contributed by atoms with Crippen molar-refractivity contribution in [3.05, 3.63) is 123 Å². The number of anilines is 1. The molecule has 272 valence electrons. The molecule has 0 atom stereocenters. The van der Waals surface area contributed by atoms with Gasteiger partial charge in [0, 0.05) is 47.3 Å². The molecule has 0 radical (unpaired) electrons. The van der Waals surface area contributed by atoms with Crippen molar-refractivity contribution < 1.29 is 30.9 Å². The Hall–Kier alpha value is -4.18. The minimum atomic E-state index is -4.95. The molecule has 11 heteroatoms. The number of hydrogen-bond acceptors (Lipinski definition) is 2. The van der Waals surface area contributed by atoms with Gasteiger partial charge in [-0.1, -0.05) is 93.9 Å². The number of allylic oxidation sites excluding steroid dienone is 2. The smallest absolute Gasteiger partial charge is 0.402 e. The Morgan fingerprint density at radius 3 is 2.00 bits per heavy atom. The SMILES string of the molecule is Cc1cc(C)c(N[C-](C2C=C(C(F)(F)F)CC(C(F)(F)F)=C2)[N+]2=CN(C(=Nc3c(C(C)C)cccc3C(C)C)c3ccccc3)CCC2)c(Cl)c1. The van der Waals surface area contributed by atoms with Crippen molar-refractivity contribution in [2.24, 2.45) is 10.9 Å². The molecule has 3 aromatic carbocycles. The van der Waals surface area contributed by atoms with Gasteiger partial charge in [0.2, 0.25) is 5.84 Å². The molecule has 1 N–H and O–H groups in total. The Bertz CT molecular complexity index is 1780. The maximum absolute atomic E-state index is 14.2. The van der Waals surface area contributed by atoms with Crippen LogP contribution in [0.1, 0.15) is 80.2 Å². The molecule has 1 aliphatic carbocycles. The second kappa shape index (κ2) is 15.2. The van der Waals surface area contributed by atoms with Crippen LogP contribution in [0.15, 0.2) is 89.0 Å². The first-order valence-corrected chi connectivity index (χ1v) is 17.4. The molecule has 1 heterocycles. The number of aryl methyl sites for hydroxylation is 2. The summed E-state index contributed by atoms with van der Waals surface area (Å²) in [5, 5.41) is 3.51. The Labute approximate surface area is 301 Å². The largest absolute Gasteiger partial charge is 0.412 e. The molecule has 4 nitrogen and oxygen atoms in total. The number of nitrogens with zero attached hydrogens (tertiary/aromatic N) is 3. The third-order valence-corrected chi connectivity index (χ3v) is 9.42. The van der Waals surface area contributed by atoms with Gasteiger partial charge in [0.25, 0.3) is 0 Å². The molecule has 0 bridgehead atoms. The highest BCUT2D eigenvalue weighted by Gasteiger charge is 2.44. The first kappa shape index (κ1) is 38.1. The van der Waals surface area contributed by atoms with Gasteiger partial charge in [-0.25, -0.2) is 4.99 Å². The number of nitrogens with one attached hydrogen (secondary N) is 1. The van der Waals surface area contributed by atoms with E-state index in [2.05, 4.69) is 45.1 Å². The standard InChI is InChI=1S/C40H43ClF6N4/c1-24(2)32-14-10-15-33(25(3)4)36(32)49-37(28-12-8-7-9-13-28)50-16-11-17-51(23-50)38(48-35-27(6)18-26(5)19-34(35)41)29-20-30(39(42,43)44)22-31(21-29)40(45,46)47/h7-10,12-15,18-21,23-25,29,48H,11,16-17,22H2,1-6H3. The molecule has 3 aromatic rings. The summed E-state index contributed by atoms with van der Waals surface area (Å²) >= 11 is 6.66. The quantitative estimate of drug-likeness (QED) is 0.0625. The molecule has 1 aliphatic heterocycles. The van der Waals surface area contributed by atoms with Gasteiger partial charge >= 0.3 is 12.4 Å². The zero-order valence-corrected chi connectivity index (χ0v) is 30.3. The molecule has 51 heavy (non-hydrogen) atoms. The molecule has 2 aliphatic rings. The minimum absolute atomic E-state index is 0.120. The molecule has 0 unspecified atom stereocenters. The molecule has 0 saturated carbocycles. The number of alkyl halides is 6. The topological polar surface area (TPSA) is 30.6 Å². The second-order valence-corrected chi connectivity index (χ2v) is 14.2. The molecule has 0 spiro atoms. The summed E-state index contributed by atoms with van der Waals surface area (Å²) in [5.74, 6) is -0.445. The van der Waals surface area contributed by atoms with E-state index in [9.17, 15) is 26.3 Å². The molecular weight excluding hydrogens is 686 g/mol. The van der Waals surface area contributed by atoms with Crippen LogP contribution in [0, 0.1) is 25.9 Å². The van der Waals surface area contributed by atoms with Crippen LogP contribution in [0.4, 0.5) is 37.7 Å². The number of amidine groups is 1.